The number of hydrogen-bond acceptors (Lipinski definition) is 9. The summed E-state index contributed by atoms with van der Waals surface area (Å²) in [7, 11) is 0. The molecule has 0 atom stereocenters. The molecule has 1 aliphatic heterocycles. The zero-order valence-electron chi connectivity index (χ0n) is 21.4. The third-order valence-corrected chi connectivity index (χ3v) is 8.35. The Hall–Kier alpha value is -5.07. The van der Waals surface area contributed by atoms with Crippen LogP contribution in [0.25, 0.3) is 11.3 Å². The standard InChI is InChI=1S/C29H20N6O4S2/c1-18(20-12-15-28-24(16-20)30-23-7-3-5-9-27(23)41-28)32-33-26(19-10-13-21(14-11-19)34(36)37)17-40-29(33)31-22-6-2-4-8-25(22)35(38)39/h2-17,30H,1H3. The summed E-state index contributed by atoms with van der Waals surface area (Å²) in [5.74, 6) is 0. The Kier molecular flexibility index (Phi) is 6.91. The van der Waals surface area contributed by atoms with Gasteiger partial charge in [-0.05, 0) is 55.0 Å². The van der Waals surface area contributed by atoms with Crippen LogP contribution in [0.4, 0.5) is 28.4 Å². The van der Waals surface area contributed by atoms with Gasteiger partial charge in [-0.1, -0.05) is 42.1 Å². The van der Waals surface area contributed by atoms with Gasteiger partial charge in [0.1, 0.15) is 5.69 Å². The predicted molar refractivity (Wildman–Crippen MR) is 161 cm³/mol. The highest BCUT2D eigenvalue weighted by atomic mass is 32.2. The van der Waals surface area contributed by atoms with Gasteiger partial charge in [0.2, 0.25) is 4.80 Å². The minimum absolute atomic E-state index is 0.0268. The molecule has 0 unspecified atom stereocenters. The Bertz CT molecular complexity index is 1930. The molecule has 5 aromatic rings. The van der Waals surface area contributed by atoms with Gasteiger partial charge in [-0.15, -0.1) is 11.3 Å². The molecule has 6 rings (SSSR count). The van der Waals surface area contributed by atoms with Crippen LogP contribution in [-0.2, 0) is 0 Å². The van der Waals surface area contributed by atoms with E-state index >= 15 is 0 Å². The largest absolute Gasteiger partial charge is 0.354 e. The lowest BCUT2D eigenvalue weighted by molar-refractivity contribution is -0.384. The van der Waals surface area contributed by atoms with E-state index in [0.717, 1.165) is 26.7 Å². The van der Waals surface area contributed by atoms with Gasteiger partial charge in [-0.2, -0.15) is 5.10 Å². The number of para-hydroxylation sites is 3. The number of hydrogen-bond donors (Lipinski definition) is 1. The number of aromatic nitrogens is 1. The molecule has 10 nitrogen and oxygen atoms in total. The van der Waals surface area contributed by atoms with Gasteiger partial charge in [0.15, 0.2) is 0 Å². The summed E-state index contributed by atoms with van der Waals surface area (Å²) in [5.41, 5.74) is 4.95. The first kappa shape index (κ1) is 26.2. The SMILES string of the molecule is CC(=Nn1c(-c2ccc([N+](=O)[O-])cc2)csc1=Nc1ccccc1[N+](=O)[O-])c1ccc2c(c1)Nc1ccccc1S2. The molecule has 1 aliphatic rings. The Morgan fingerprint density at radius 3 is 2.37 bits per heavy atom. The fraction of sp³-hybridized carbons (Fsp3) is 0.0345. The van der Waals surface area contributed by atoms with Crippen LogP contribution in [0.15, 0.2) is 116 Å². The first-order valence-electron chi connectivity index (χ1n) is 12.3. The monoisotopic (exact) mass is 580 g/mol. The lowest BCUT2D eigenvalue weighted by Crippen LogP contribution is -2.14. The molecule has 0 bridgehead atoms. The van der Waals surface area contributed by atoms with Gasteiger partial charge in [-0.25, -0.2) is 9.67 Å². The van der Waals surface area contributed by atoms with Crippen molar-refractivity contribution in [1.82, 2.24) is 4.68 Å². The van der Waals surface area contributed by atoms with Gasteiger partial charge in [0.25, 0.3) is 11.4 Å². The van der Waals surface area contributed by atoms with Crippen LogP contribution in [-0.4, -0.2) is 20.2 Å². The van der Waals surface area contributed by atoms with E-state index in [1.165, 1.54) is 29.5 Å². The van der Waals surface area contributed by atoms with Crippen molar-refractivity contribution in [1.29, 1.82) is 0 Å². The highest BCUT2D eigenvalue weighted by Gasteiger charge is 2.18. The first-order valence-corrected chi connectivity index (χ1v) is 14.0. The van der Waals surface area contributed by atoms with Crippen molar-refractivity contribution in [2.24, 2.45) is 10.1 Å². The summed E-state index contributed by atoms with van der Waals surface area (Å²) in [5, 5.41) is 33.0. The highest BCUT2D eigenvalue weighted by molar-refractivity contribution is 7.99. The maximum absolute atomic E-state index is 11.6. The molecule has 2 heterocycles. The van der Waals surface area contributed by atoms with Crippen LogP contribution >= 0.6 is 23.1 Å². The molecular formula is C29H20N6O4S2. The second-order valence-corrected chi connectivity index (χ2v) is 10.9. The smallest absolute Gasteiger partial charge is 0.294 e. The van der Waals surface area contributed by atoms with E-state index in [0.29, 0.717) is 21.8 Å². The number of nitro benzene ring substituents is 2. The van der Waals surface area contributed by atoms with Crippen molar-refractivity contribution in [3.05, 3.63) is 127 Å². The van der Waals surface area contributed by atoms with E-state index in [1.807, 2.05) is 48.7 Å². The number of rotatable bonds is 6. The summed E-state index contributed by atoms with van der Waals surface area (Å²) < 4.78 is 1.62. The Balaban J connectivity index is 1.46. The summed E-state index contributed by atoms with van der Waals surface area (Å²) in [6.07, 6.45) is 0. The number of fused-ring (bicyclic) bond motifs is 2. The number of benzene rings is 4. The van der Waals surface area contributed by atoms with Crippen LogP contribution in [0.2, 0.25) is 0 Å². The van der Waals surface area contributed by atoms with Crippen LogP contribution < -0.4 is 10.1 Å². The van der Waals surface area contributed by atoms with E-state index in [2.05, 4.69) is 16.4 Å². The zero-order chi connectivity index (χ0) is 28.5. The maximum Gasteiger partial charge on any atom is 0.294 e. The fourth-order valence-corrected chi connectivity index (χ4v) is 6.13. The van der Waals surface area contributed by atoms with Crippen molar-refractivity contribution < 1.29 is 9.85 Å². The molecule has 0 saturated heterocycles. The van der Waals surface area contributed by atoms with Crippen molar-refractivity contribution in [2.45, 2.75) is 16.7 Å². The minimum Gasteiger partial charge on any atom is -0.354 e. The van der Waals surface area contributed by atoms with E-state index in [4.69, 9.17) is 5.10 Å². The minimum atomic E-state index is -0.473. The predicted octanol–water partition coefficient (Wildman–Crippen LogP) is 7.75. The first-order chi connectivity index (χ1) is 19.9. The van der Waals surface area contributed by atoms with Gasteiger partial charge in [0, 0.05) is 38.9 Å². The lowest BCUT2D eigenvalue weighted by Gasteiger charge is -2.21. The van der Waals surface area contributed by atoms with Crippen LogP contribution in [0.5, 0.6) is 0 Å². The number of nitrogens with zero attached hydrogens (tertiary/aromatic N) is 5. The molecule has 0 amide bonds. The van der Waals surface area contributed by atoms with E-state index in [1.54, 1.807) is 46.8 Å². The molecule has 0 saturated carbocycles. The summed E-state index contributed by atoms with van der Waals surface area (Å²) in [6.45, 7) is 1.88. The molecule has 4 aromatic carbocycles. The molecule has 12 heteroatoms. The quantitative estimate of drug-likeness (QED) is 0.122. The van der Waals surface area contributed by atoms with E-state index in [-0.39, 0.29) is 17.1 Å². The molecule has 1 N–H and O–H groups in total. The normalized spacial score (nSPS) is 12.8. The topological polar surface area (TPSA) is 128 Å². The molecule has 202 valence electrons. The third kappa shape index (κ3) is 5.25. The lowest BCUT2D eigenvalue weighted by atomic mass is 10.1. The van der Waals surface area contributed by atoms with Crippen molar-refractivity contribution in [2.75, 3.05) is 5.32 Å². The number of nitrogens with one attached hydrogen (secondary N) is 1. The van der Waals surface area contributed by atoms with Crippen LogP contribution in [0.3, 0.4) is 0 Å². The van der Waals surface area contributed by atoms with Gasteiger partial charge >= 0.3 is 0 Å². The number of anilines is 2. The molecular weight excluding hydrogens is 560 g/mol. The maximum atomic E-state index is 11.6. The van der Waals surface area contributed by atoms with Gasteiger partial charge in [-0.3, -0.25) is 20.2 Å². The zero-order valence-corrected chi connectivity index (χ0v) is 23.1. The molecule has 0 aliphatic carbocycles. The summed E-state index contributed by atoms with van der Waals surface area (Å²) in [6, 6.07) is 26.6. The average molecular weight is 581 g/mol. The van der Waals surface area contributed by atoms with Crippen molar-refractivity contribution >= 4 is 57.2 Å². The molecule has 1 aromatic heterocycles. The number of nitro groups is 2. The molecule has 41 heavy (non-hydrogen) atoms. The van der Waals surface area contributed by atoms with Crippen molar-refractivity contribution in [3.63, 3.8) is 0 Å². The second kappa shape index (κ2) is 10.8. The molecule has 0 radical (unpaired) electrons. The Labute approximate surface area is 241 Å². The number of thiazole rings is 1. The van der Waals surface area contributed by atoms with Gasteiger partial charge < -0.3 is 5.32 Å². The van der Waals surface area contributed by atoms with Crippen LogP contribution in [0, 0.1) is 20.2 Å². The van der Waals surface area contributed by atoms with Crippen LogP contribution in [0.1, 0.15) is 12.5 Å². The second-order valence-electron chi connectivity index (χ2n) is 9.00. The van der Waals surface area contributed by atoms with E-state index in [9.17, 15) is 20.2 Å². The highest BCUT2D eigenvalue weighted by Crippen LogP contribution is 2.44. The third-order valence-electron chi connectivity index (χ3n) is 6.38. The Morgan fingerprint density at radius 1 is 0.854 bits per heavy atom. The Morgan fingerprint density at radius 2 is 1.59 bits per heavy atom. The van der Waals surface area contributed by atoms with Gasteiger partial charge in [0.05, 0.1) is 32.6 Å². The number of non-ortho nitro benzene ring substituents is 1. The summed E-state index contributed by atoms with van der Waals surface area (Å²) >= 11 is 2.96. The molecule has 0 fully saturated rings. The molecule has 0 spiro atoms. The summed E-state index contributed by atoms with van der Waals surface area (Å²) in [4.78, 5) is 29.1. The van der Waals surface area contributed by atoms with Crippen molar-refractivity contribution in [3.8, 4) is 11.3 Å². The fourth-order valence-electron chi connectivity index (χ4n) is 4.31. The average Bonchev–Trinajstić information content (AvgIpc) is 3.37. The van der Waals surface area contributed by atoms with E-state index < -0.39 is 9.85 Å².